The van der Waals surface area contributed by atoms with Crippen LogP contribution in [0, 0.1) is 24.1 Å². The quantitative estimate of drug-likeness (QED) is 0.605. The van der Waals surface area contributed by atoms with Crippen LogP contribution in [0.15, 0.2) is 23.1 Å². The molecule has 1 atom stereocenters. The number of hydrogen-bond donors (Lipinski definition) is 0. The maximum absolute atomic E-state index is 13.8. The largest absolute Gasteiger partial charge is 0.308 e. The Labute approximate surface area is 111 Å². The van der Waals surface area contributed by atoms with Gasteiger partial charge in [-0.25, -0.2) is 12.8 Å². The first-order valence-corrected chi connectivity index (χ1v) is 7.48. The molecule has 2 rings (SSSR count). The van der Waals surface area contributed by atoms with Gasteiger partial charge in [-0.05, 0) is 18.2 Å². The van der Waals surface area contributed by atoms with E-state index in [9.17, 15) is 17.6 Å². The van der Waals surface area contributed by atoms with Gasteiger partial charge in [0.1, 0.15) is 5.82 Å². The van der Waals surface area contributed by atoms with Crippen LogP contribution in [0.2, 0.25) is 0 Å². The van der Waals surface area contributed by atoms with E-state index in [1.807, 2.05) is 0 Å². The van der Waals surface area contributed by atoms with Crippen LogP contribution in [0.4, 0.5) is 10.1 Å². The Morgan fingerprint density at radius 1 is 1.47 bits per heavy atom. The fraction of sp³-hybridized carbons (Fsp3) is 0.308. The molecule has 1 heterocycles. The molecule has 1 aliphatic heterocycles. The zero-order chi connectivity index (χ0) is 14.2. The Hall–Kier alpha value is -1.87. The van der Waals surface area contributed by atoms with Crippen LogP contribution in [-0.4, -0.2) is 27.1 Å². The van der Waals surface area contributed by atoms with Crippen molar-refractivity contribution in [3.63, 3.8) is 0 Å². The summed E-state index contributed by atoms with van der Waals surface area (Å²) in [6.45, 7) is 0.208. The van der Waals surface area contributed by atoms with Gasteiger partial charge < -0.3 is 4.90 Å². The molecule has 0 radical (unpaired) electrons. The fourth-order valence-electron chi connectivity index (χ4n) is 1.98. The first-order chi connectivity index (χ1) is 8.82. The summed E-state index contributed by atoms with van der Waals surface area (Å²) < 4.78 is 36.7. The van der Waals surface area contributed by atoms with Gasteiger partial charge in [0.05, 0.1) is 10.6 Å². The molecule has 19 heavy (non-hydrogen) atoms. The van der Waals surface area contributed by atoms with Crippen LogP contribution < -0.4 is 4.90 Å². The third-order valence-corrected chi connectivity index (χ3v) is 4.11. The van der Waals surface area contributed by atoms with Crippen molar-refractivity contribution < 1.29 is 17.6 Å². The number of carbonyl (C=O) groups excluding carboxylic acids is 1. The van der Waals surface area contributed by atoms with Gasteiger partial charge in [0.2, 0.25) is 5.91 Å². The maximum atomic E-state index is 13.8. The lowest BCUT2D eigenvalue weighted by Crippen LogP contribution is -2.25. The molecule has 1 amide bonds. The van der Waals surface area contributed by atoms with Crippen molar-refractivity contribution in [3.05, 3.63) is 24.0 Å². The normalized spacial score (nSPS) is 19.5. The van der Waals surface area contributed by atoms with Crippen molar-refractivity contribution >= 4 is 21.4 Å². The average Bonchev–Trinajstić information content (AvgIpc) is 2.69. The number of nitrogens with zero attached hydrogens (tertiary/aromatic N) is 1. The van der Waals surface area contributed by atoms with Gasteiger partial charge in [-0.15, -0.1) is 12.3 Å². The lowest BCUT2D eigenvalue weighted by molar-refractivity contribution is -0.117. The number of rotatable bonds is 2. The van der Waals surface area contributed by atoms with E-state index in [0.717, 1.165) is 12.3 Å². The lowest BCUT2D eigenvalue weighted by atomic mass is 10.1. The van der Waals surface area contributed by atoms with Crippen molar-refractivity contribution in [2.24, 2.45) is 5.92 Å². The molecule has 0 saturated carbocycles. The minimum atomic E-state index is -3.45. The number of sulfone groups is 1. The standard InChI is InChI=1S/C13H12FNO3S/c1-3-9-6-13(16)15(8-9)12-7-10(19(2,17)18)4-5-11(12)14/h1,4-5,7,9H,6,8H2,2H3. The smallest absolute Gasteiger partial charge is 0.228 e. The van der Waals surface area contributed by atoms with E-state index in [-0.39, 0.29) is 35.4 Å². The maximum Gasteiger partial charge on any atom is 0.228 e. The number of terminal acetylenes is 1. The second-order valence-corrected chi connectivity index (χ2v) is 6.47. The topological polar surface area (TPSA) is 54.5 Å². The summed E-state index contributed by atoms with van der Waals surface area (Å²) >= 11 is 0. The summed E-state index contributed by atoms with van der Waals surface area (Å²) in [5, 5.41) is 0. The predicted octanol–water partition coefficient (Wildman–Crippen LogP) is 1.22. The number of benzene rings is 1. The summed E-state index contributed by atoms with van der Waals surface area (Å²) in [7, 11) is -3.45. The Bertz CT molecular complexity index is 676. The third kappa shape index (κ3) is 2.61. The number of halogens is 1. The van der Waals surface area contributed by atoms with Gasteiger partial charge in [-0.3, -0.25) is 4.79 Å². The number of hydrogen-bond acceptors (Lipinski definition) is 3. The van der Waals surface area contributed by atoms with Gasteiger partial charge in [0.15, 0.2) is 9.84 Å². The minimum absolute atomic E-state index is 0.0270. The zero-order valence-corrected chi connectivity index (χ0v) is 11.1. The van der Waals surface area contributed by atoms with E-state index < -0.39 is 15.7 Å². The van der Waals surface area contributed by atoms with Crippen molar-refractivity contribution in [2.45, 2.75) is 11.3 Å². The Balaban J connectivity index is 2.46. The molecule has 0 bridgehead atoms. The van der Waals surface area contributed by atoms with Crippen molar-refractivity contribution in [1.29, 1.82) is 0 Å². The second kappa shape index (κ2) is 4.67. The highest BCUT2D eigenvalue weighted by atomic mass is 32.2. The summed E-state index contributed by atoms with van der Waals surface area (Å²) in [6.07, 6.45) is 6.43. The van der Waals surface area contributed by atoms with Crippen molar-refractivity contribution in [2.75, 3.05) is 17.7 Å². The number of carbonyl (C=O) groups is 1. The Morgan fingerprint density at radius 2 is 2.16 bits per heavy atom. The monoisotopic (exact) mass is 281 g/mol. The Morgan fingerprint density at radius 3 is 2.68 bits per heavy atom. The Kier molecular flexibility index (Phi) is 3.33. The molecule has 0 aliphatic carbocycles. The van der Waals surface area contributed by atoms with Gasteiger partial charge in [0, 0.05) is 25.1 Å². The van der Waals surface area contributed by atoms with Gasteiger partial charge >= 0.3 is 0 Å². The molecular formula is C13H12FNO3S. The first kappa shape index (κ1) is 13.6. The fourth-order valence-corrected chi connectivity index (χ4v) is 2.62. The molecule has 0 aromatic heterocycles. The molecule has 1 aromatic carbocycles. The molecule has 1 aliphatic rings. The van der Waals surface area contributed by atoms with Crippen LogP contribution in [0.1, 0.15) is 6.42 Å². The molecule has 0 spiro atoms. The van der Waals surface area contributed by atoms with E-state index in [2.05, 4.69) is 5.92 Å². The minimum Gasteiger partial charge on any atom is -0.308 e. The highest BCUT2D eigenvalue weighted by molar-refractivity contribution is 7.90. The predicted molar refractivity (Wildman–Crippen MR) is 68.8 cm³/mol. The average molecular weight is 281 g/mol. The molecular weight excluding hydrogens is 269 g/mol. The molecule has 4 nitrogen and oxygen atoms in total. The van der Waals surface area contributed by atoms with Crippen LogP contribution in [-0.2, 0) is 14.6 Å². The van der Waals surface area contributed by atoms with E-state index >= 15 is 0 Å². The first-order valence-electron chi connectivity index (χ1n) is 5.59. The molecule has 100 valence electrons. The lowest BCUT2D eigenvalue weighted by Gasteiger charge is -2.17. The van der Waals surface area contributed by atoms with Crippen LogP contribution in [0.25, 0.3) is 0 Å². The summed E-state index contributed by atoms with van der Waals surface area (Å²) in [6, 6.07) is 3.39. The molecule has 1 fully saturated rings. The molecule has 1 aromatic rings. The van der Waals surface area contributed by atoms with Gasteiger partial charge in [-0.1, -0.05) is 0 Å². The SMILES string of the molecule is C#CC1CC(=O)N(c2cc(S(C)(=O)=O)ccc2F)C1. The van der Waals surface area contributed by atoms with Crippen molar-refractivity contribution in [3.8, 4) is 12.3 Å². The zero-order valence-electron chi connectivity index (χ0n) is 10.3. The van der Waals surface area contributed by atoms with E-state index in [0.29, 0.717) is 0 Å². The van der Waals surface area contributed by atoms with Gasteiger partial charge in [-0.2, -0.15) is 0 Å². The molecule has 0 N–H and O–H groups in total. The van der Waals surface area contributed by atoms with Crippen LogP contribution >= 0.6 is 0 Å². The highest BCUT2D eigenvalue weighted by Gasteiger charge is 2.31. The number of amides is 1. The van der Waals surface area contributed by atoms with E-state index in [4.69, 9.17) is 6.42 Å². The summed E-state index contributed by atoms with van der Waals surface area (Å²) in [5.41, 5.74) is -0.0364. The van der Waals surface area contributed by atoms with E-state index in [1.54, 1.807) is 0 Å². The third-order valence-electron chi connectivity index (χ3n) is 3.00. The van der Waals surface area contributed by atoms with E-state index in [1.165, 1.54) is 17.0 Å². The molecule has 1 unspecified atom stereocenters. The molecule has 1 saturated heterocycles. The molecule has 6 heteroatoms. The van der Waals surface area contributed by atoms with Crippen LogP contribution in [0.3, 0.4) is 0 Å². The number of anilines is 1. The van der Waals surface area contributed by atoms with Crippen LogP contribution in [0.5, 0.6) is 0 Å². The summed E-state index contributed by atoms with van der Waals surface area (Å²) in [5.74, 6) is 1.25. The highest BCUT2D eigenvalue weighted by Crippen LogP contribution is 2.29. The van der Waals surface area contributed by atoms with Gasteiger partial charge in [0.25, 0.3) is 0 Å². The van der Waals surface area contributed by atoms with Crippen molar-refractivity contribution in [1.82, 2.24) is 0 Å². The summed E-state index contributed by atoms with van der Waals surface area (Å²) in [4.78, 5) is 12.9. The second-order valence-electron chi connectivity index (χ2n) is 4.46.